The molecule has 2 saturated heterocycles. The average Bonchev–Trinajstić information content (AvgIpc) is 3.02. The van der Waals surface area contributed by atoms with E-state index >= 15 is 0 Å². The standard InChI is InChI=1S/C19H30N2O3/c1-3-19(22)21(17-8-12-23-13-9-17)16-6-10-20(11-7-16)14-18-5-4-15(2)24-18/h4-5,16-17H,3,6-14H2,1-2H3. The van der Waals surface area contributed by atoms with Crippen molar-refractivity contribution in [3.05, 3.63) is 23.7 Å². The second-order valence-electron chi connectivity index (χ2n) is 7.02. The molecule has 0 aliphatic carbocycles. The molecular weight excluding hydrogens is 304 g/mol. The van der Waals surface area contributed by atoms with Crippen molar-refractivity contribution < 1.29 is 13.9 Å². The summed E-state index contributed by atoms with van der Waals surface area (Å²) in [5.41, 5.74) is 0. The van der Waals surface area contributed by atoms with Gasteiger partial charge in [-0.15, -0.1) is 0 Å². The summed E-state index contributed by atoms with van der Waals surface area (Å²) in [6, 6.07) is 4.84. The fourth-order valence-corrected chi connectivity index (χ4v) is 4.00. The quantitative estimate of drug-likeness (QED) is 0.830. The maximum absolute atomic E-state index is 12.5. The molecule has 0 spiro atoms. The number of piperidine rings is 1. The van der Waals surface area contributed by atoms with Crippen molar-refractivity contribution in [2.75, 3.05) is 26.3 Å². The molecule has 0 N–H and O–H groups in total. The molecule has 0 atom stereocenters. The monoisotopic (exact) mass is 334 g/mol. The number of rotatable bonds is 5. The summed E-state index contributed by atoms with van der Waals surface area (Å²) in [4.78, 5) is 17.2. The Hall–Kier alpha value is -1.33. The lowest BCUT2D eigenvalue weighted by atomic mass is 9.97. The third kappa shape index (κ3) is 4.19. The molecule has 24 heavy (non-hydrogen) atoms. The molecule has 0 saturated carbocycles. The van der Waals surface area contributed by atoms with Crippen LogP contribution in [-0.4, -0.2) is 54.1 Å². The maximum atomic E-state index is 12.5. The summed E-state index contributed by atoms with van der Waals surface area (Å²) >= 11 is 0. The minimum atomic E-state index is 0.307. The molecule has 0 aromatic carbocycles. The Kier molecular flexibility index (Phi) is 5.95. The minimum absolute atomic E-state index is 0.307. The van der Waals surface area contributed by atoms with E-state index in [1.807, 2.05) is 19.9 Å². The topological polar surface area (TPSA) is 45.9 Å². The van der Waals surface area contributed by atoms with E-state index in [0.717, 1.165) is 70.1 Å². The number of furan rings is 1. The summed E-state index contributed by atoms with van der Waals surface area (Å²) in [5, 5.41) is 0. The summed E-state index contributed by atoms with van der Waals surface area (Å²) in [7, 11) is 0. The Morgan fingerprint density at radius 2 is 1.83 bits per heavy atom. The fraction of sp³-hybridized carbons (Fsp3) is 0.737. The summed E-state index contributed by atoms with van der Waals surface area (Å²) < 4.78 is 11.2. The molecule has 134 valence electrons. The molecule has 0 bridgehead atoms. The van der Waals surface area contributed by atoms with Gasteiger partial charge in [0.05, 0.1) is 6.54 Å². The average molecular weight is 334 g/mol. The van der Waals surface area contributed by atoms with Gasteiger partial charge in [0, 0.05) is 44.8 Å². The Bertz CT molecular complexity index is 528. The summed E-state index contributed by atoms with van der Waals surface area (Å²) in [6.45, 7) is 8.46. The molecule has 3 rings (SSSR count). The highest BCUT2D eigenvalue weighted by Gasteiger charge is 2.33. The van der Waals surface area contributed by atoms with Crippen LogP contribution in [0.25, 0.3) is 0 Å². The van der Waals surface area contributed by atoms with Gasteiger partial charge in [0.2, 0.25) is 5.91 Å². The molecule has 3 heterocycles. The highest BCUT2D eigenvalue weighted by atomic mass is 16.5. The van der Waals surface area contributed by atoms with E-state index < -0.39 is 0 Å². The van der Waals surface area contributed by atoms with Crippen molar-refractivity contribution in [3.8, 4) is 0 Å². The molecule has 1 aromatic heterocycles. The van der Waals surface area contributed by atoms with Gasteiger partial charge in [0.1, 0.15) is 11.5 Å². The molecule has 0 radical (unpaired) electrons. The van der Waals surface area contributed by atoms with Gasteiger partial charge in [-0.1, -0.05) is 6.92 Å². The Morgan fingerprint density at radius 3 is 2.42 bits per heavy atom. The molecule has 1 aromatic rings. The number of amides is 1. The molecule has 2 aliphatic heterocycles. The van der Waals surface area contributed by atoms with Crippen LogP contribution in [-0.2, 0) is 16.1 Å². The number of carbonyl (C=O) groups excluding carboxylic acids is 1. The van der Waals surface area contributed by atoms with Crippen molar-refractivity contribution >= 4 is 5.91 Å². The lowest BCUT2D eigenvalue weighted by molar-refractivity contribution is -0.139. The maximum Gasteiger partial charge on any atom is 0.222 e. The molecule has 2 fully saturated rings. The van der Waals surface area contributed by atoms with Gasteiger partial charge in [-0.2, -0.15) is 0 Å². The second kappa shape index (κ2) is 8.17. The van der Waals surface area contributed by atoms with Gasteiger partial charge < -0.3 is 14.1 Å². The van der Waals surface area contributed by atoms with Gasteiger partial charge in [-0.05, 0) is 44.7 Å². The second-order valence-corrected chi connectivity index (χ2v) is 7.02. The van der Waals surface area contributed by atoms with Crippen LogP contribution in [0.5, 0.6) is 0 Å². The van der Waals surface area contributed by atoms with Crippen molar-refractivity contribution in [2.24, 2.45) is 0 Å². The van der Waals surface area contributed by atoms with Crippen LogP contribution in [0.1, 0.15) is 50.5 Å². The van der Waals surface area contributed by atoms with E-state index in [2.05, 4.69) is 15.9 Å². The molecule has 5 nitrogen and oxygen atoms in total. The van der Waals surface area contributed by atoms with E-state index in [0.29, 0.717) is 24.4 Å². The first-order valence-electron chi connectivity index (χ1n) is 9.34. The first-order valence-corrected chi connectivity index (χ1v) is 9.34. The Balaban J connectivity index is 1.57. The predicted octanol–water partition coefficient (Wildman–Crippen LogP) is 2.97. The number of carbonyl (C=O) groups is 1. The number of likely N-dealkylation sites (tertiary alicyclic amines) is 1. The first-order chi connectivity index (χ1) is 11.7. The lowest BCUT2D eigenvalue weighted by Gasteiger charge is -2.43. The molecular formula is C19H30N2O3. The lowest BCUT2D eigenvalue weighted by Crippen LogP contribution is -2.52. The van der Waals surface area contributed by atoms with Gasteiger partial charge in [-0.3, -0.25) is 9.69 Å². The zero-order chi connectivity index (χ0) is 16.9. The third-order valence-electron chi connectivity index (χ3n) is 5.30. The number of ether oxygens (including phenoxy) is 1. The van der Waals surface area contributed by atoms with Crippen LogP contribution in [0.3, 0.4) is 0 Å². The summed E-state index contributed by atoms with van der Waals surface area (Å²) in [5.74, 6) is 2.32. The van der Waals surface area contributed by atoms with Crippen LogP contribution >= 0.6 is 0 Å². The normalized spacial score (nSPS) is 21.1. The largest absolute Gasteiger partial charge is 0.465 e. The van der Waals surface area contributed by atoms with Gasteiger partial charge in [0.25, 0.3) is 0 Å². The minimum Gasteiger partial charge on any atom is -0.465 e. The van der Waals surface area contributed by atoms with Crippen LogP contribution in [0.15, 0.2) is 16.5 Å². The van der Waals surface area contributed by atoms with Crippen molar-refractivity contribution in [1.82, 2.24) is 9.80 Å². The van der Waals surface area contributed by atoms with E-state index in [-0.39, 0.29) is 0 Å². The highest BCUT2D eigenvalue weighted by Crippen LogP contribution is 2.25. The van der Waals surface area contributed by atoms with Crippen molar-refractivity contribution in [2.45, 2.75) is 64.6 Å². The molecule has 1 amide bonds. The van der Waals surface area contributed by atoms with Crippen molar-refractivity contribution in [1.29, 1.82) is 0 Å². The SMILES string of the molecule is CCC(=O)N(C1CCOCC1)C1CCN(Cc2ccc(C)o2)CC1. The van der Waals surface area contributed by atoms with E-state index in [1.165, 1.54) is 0 Å². The van der Waals surface area contributed by atoms with E-state index in [4.69, 9.17) is 9.15 Å². The van der Waals surface area contributed by atoms with Crippen LogP contribution in [0.4, 0.5) is 0 Å². The fourth-order valence-electron chi connectivity index (χ4n) is 4.00. The van der Waals surface area contributed by atoms with Gasteiger partial charge in [0.15, 0.2) is 0 Å². The third-order valence-corrected chi connectivity index (χ3v) is 5.30. The van der Waals surface area contributed by atoms with E-state index in [1.54, 1.807) is 0 Å². The zero-order valence-electron chi connectivity index (χ0n) is 15.0. The number of aryl methyl sites for hydroxylation is 1. The zero-order valence-corrected chi connectivity index (χ0v) is 15.0. The number of nitrogens with zero attached hydrogens (tertiary/aromatic N) is 2. The van der Waals surface area contributed by atoms with Crippen LogP contribution < -0.4 is 0 Å². The van der Waals surface area contributed by atoms with E-state index in [9.17, 15) is 4.79 Å². The molecule has 0 unspecified atom stereocenters. The van der Waals surface area contributed by atoms with Crippen LogP contribution in [0, 0.1) is 6.92 Å². The van der Waals surface area contributed by atoms with Crippen molar-refractivity contribution in [3.63, 3.8) is 0 Å². The molecule has 2 aliphatic rings. The predicted molar refractivity (Wildman–Crippen MR) is 92.7 cm³/mol. The van der Waals surface area contributed by atoms with Gasteiger partial charge >= 0.3 is 0 Å². The Labute approximate surface area is 144 Å². The number of hydrogen-bond acceptors (Lipinski definition) is 4. The number of hydrogen-bond donors (Lipinski definition) is 0. The summed E-state index contributed by atoms with van der Waals surface area (Å²) in [6.07, 6.45) is 4.68. The first kappa shape index (κ1) is 17.5. The molecule has 5 heteroatoms. The van der Waals surface area contributed by atoms with Gasteiger partial charge in [-0.25, -0.2) is 0 Å². The smallest absolute Gasteiger partial charge is 0.222 e. The highest BCUT2D eigenvalue weighted by molar-refractivity contribution is 5.76. The van der Waals surface area contributed by atoms with Crippen LogP contribution in [0.2, 0.25) is 0 Å². The Morgan fingerprint density at radius 1 is 1.17 bits per heavy atom.